The minimum atomic E-state index is -0.421. The Morgan fingerprint density at radius 1 is 1.12 bits per heavy atom. The first kappa shape index (κ1) is 19.4. The molecule has 26 heavy (non-hydrogen) atoms. The molecule has 4 atom stereocenters. The lowest BCUT2D eigenvalue weighted by Gasteiger charge is -2.35. The maximum Gasteiger partial charge on any atom is 0.254 e. The second-order valence-corrected chi connectivity index (χ2v) is 7.30. The lowest BCUT2D eigenvalue weighted by molar-refractivity contribution is -0.0231. The first-order chi connectivity index (χ1) is 12.2. The summed E-state index contributed by atoms with van der Waals surface area (Å²) in [5.41, 5.74) is 0.665. The minimum absolute atomic E-state index is 0. The molecule has 0 bridgehead atoms. The van der Waals surface area contributed by atoms with Crippen molar-refractivity contribution in [2.45, 2.75) is 25.0 Å². The molecule has 2 saturated heterocycles. The van der Waals surface area contributed by atoms with E-state index in [1.807, 2.05) is 29.2 Å². The molecular weight excluding hydrogens is 356 g/mol. The molecule has 1 amide bonds. The van der Waals surface area contributed by atoms with Gasteiger partial charge in [0.1, 0.15) is 11.9 Å². The Kier molecular flexibility index (Phi) is 6.40. The van der Waals surface area contributed by atoms with Gasteiger partial charge in [-0.3, -0.25) is 4.79 Å². The zero-order chi connectivity index (χ0) is 17.2. The third kappa shape index (κ3) is 4.14. The van der Waals surface area contributed by atoms with Crippen LogP contribution in [0.4, 0.5) is 0 Å². The van der Waals surface area contributed by atoms with Crippen molar-refractivity contribution in [3.8, 4) is 5.75 Å². The number of halogens is 1. The van der Waals surface area contributed by atoms with Gasteiger partial charge in [0.25, 0.3) is 5.91 Å². The molecule has 1 saturated carbocycles. The quantitative estimate of drug-likeness (QED) is 0.825. The van der Waals surface area contributed by atoms with Crippen LogP contribution in [0.2, 0.25) is 0 Å². The van der Waals surface area contributed by atoms with Crippen molar-refractivity contribution >= 4 is 18.3 Å². The summed E-state index contributed by atoms with van der Waals surface area (Å²) in [5.74, 6) is 1.92. The van der Waals surface area contributed by atoms with Gasteiger partial charge in [-0.2, -0.15) is 0 Å². The fourth-order valence-electron chi connectivity index (χ4n) is 4.18. The van der Waals surface area contributed by atoms with Gasteiger partial charge in [-0.25, -0.2) is 0 Å². The monoisotopic (exact) mass is 382 g/mol. The van der Waals surface area contributed by atoms with Gasteiger partial charge in [-0.15, -0.1) is 12.4 Å². The van der Waals surface area contributed by atoms with Gasteiger partial charge < -0.3 is 24.8 Å². The standard InChI is InChI=1S/C19H26N2O4.ClH/c22-17-9-14-11-20-12-15(14)10-18(17)25-16-3-1-13(2-4-16)19(23)21-5-7-24-8-6-21;/h1-4,14-15,17-18,20,22H,5-12H2;1H/t14-,15+,17+,18+;/m0./s1. The van der Waals surface area contributed by atoms with Crippen molar-refractivity contribution in [3.05, 3.63) is 29.8 Å². The molecule has 3 fully saturated rings. The number of benzene rings is 1. The Labute approximate surface area is 160 Å². The average molecular weight is 383 g/mol. The number of morpholine rings is 1. The van der Waals surface area contributed by atoms with Crippen LogP contribution < -0.4 is 10.1 Å². The number of aliphatic hydroxyl groups is 1. The van der Waals surface area contributed by atoms with Gasteiger partial charge in [0.05, 0.1) is 19.3 Å². The van der Waals surface area contributed by atoms with E-state index in [4.69, 9.17) is 9.47 Å². The molecule has 0 aromatic heterocycles. The highest BCUT2D eigenvalue weighted by atomic mass is 35.5. The van der Waals surface area contributed by atoms with E-state index in [1.165, 1.54) is 0 Å². The number of nitrogens with zero attached hydrogens (tertiary/aromatic N) is 1. The van der Waals surface area contributed by atoms with Crippen LogP contribution in [-0.2, 0) is 4.74 Å². The highest BCUT2D eigenvalue weighted by molar-refractivity contribution is 5.94. The van der Waals surface area contributed by atoms with Gasteiger partial charge in [0.15, 0.2) is 0 Å². The molecule has 144 valence electrons. The third-order valence-electron chi connectivity index (χ3n) is 5.68. The second-order valence-electron chi connectivity index (χ2n) is 7.30. The van der Waals surface area contributed by atoms with Crippen molar-refractivity contribution in [2.75, 3.05) is 39.4 Å². The molecule has 0 unspecified atom stereocenters. The number of hydrogen-bond donors (Lipinski definition) is 2. The van der Waals surface area contributed by atoms with Gasteiger partial charge in [-0.1, -0.05) is 0 Å². The number of hydrogen-bond acceptors (Lipinski definition) is 5. The first-order valence-electron chi connectivity index (χ1n) is 9.23. The number of carbonyl (C=O) groups is 1. The Bertz CT molecular complexity index is 606. The Morgan fingerprint density at radius 3 is 2.46 bits per heavy atom. The average Bonchev–Trinajstić information content (AvgIpc) is 3.10. The summed E-state index contributed by atoms with van der Waals surface area (Å²) in [4.78, 5) is 14.3. The van der Waals surface area contributed by atoms with Crippen LogP contribution in [0.15, 0.2) is 24.3 Å². The topological polar surface area (TPSA) is 71.0 Å². The molecule has 3 aliphatic rings. The van der Waals surface area contributed by atoms with Crippen molar-refractivity contribution in [3.63, 3.8) is 0 Å². The molecule has 2 N–H and O–H groups in total. The van der Waals surface area contributed by atoms with Crippen LogP contribution in [0.3, 0.4) is 0 Å². The molecule has 1 aromatic carbocycles. The molecule has 6 nitrogen and oxygen atoms in total. The lowest BCUT2D eigenvalue weighted by Crippen LogP contribution is -2.42. The number of fused-ring (bicyclic) bond motifs is 1. The van der Waals surface area contributed by atoms with Crippen molar-refractivity contribution < 1.29 is 19.4 Å². The van der Waals surface area contributed by atoms with Crippen LogP contribution in [0.1, 0.15) is 23.2 Å². The molecule has 1 aromatic rings. The highest BCUT2D eigenvalue weighted by Gasteiger charge is 2.39. The lowest BCUT2D eigenvalue weighted by atomic mass is 9.78. The Morgan fingerprint density at radius 2 is 1.77 bits per heavy atom. The first-order valence-corrected chi connectivity index (χ1v) is 9.23. The van der Waals surface area contributed by atoms with Gasteiger partial charge >= 0.3 is 0 Å². The normalized spacial score (nSPS) is 31.0. The maximum atomic E-state index is 12.5. The number of carbonyl (C=O) groups excluding carboxylic acids is 1. The molecule has 1 aliphatic carbocycles. The van der Waals surface area contributed by atoms with E-state index in [2.05, 4.69) is 5.32 Å². The minimum Gasteiger partial charge on any atom is -0.488 e. The van der Waals surface area contributed by atoms with Crippen molar-refractivity contribution in [2.24, 2.45) is 11.8 Å². The Balaban J connectivity index is 0.00000196. The number of ether oxygens (including phenoxy) is 2. The summed E-state index contributed by atoms with van der Waals surface area (Å²) < 4.78 is 11.3. The molecule has 2 heterocycles. The van der Waals surface area contributed by atoms with Crippen LogP contribution in [0.5, 0.6) is 5.75 Å². The van der Waals surface area contributed by atoms with E-state index < -0.39 is 6.10 Å². The van der Waals surface area contributed by atoms with Crippen molar-refractivity contribution in [1.82, 2.24) is 10.2 Å². The van der Waals surface area contributed by atoms with Crippen LogP contribution in [0, 0.1) is 11.8 Å². The zero-order valence-corrected chi connectivity index (χ0v) is 15.6. The van der Waals surface area contributed by atoms with E-state index in [1.54, 1.807) is 0 Å². The zero-order valence-electron chi connectivity index (χ0n) is 14.8. The van der Waals surface area contributed by atoms with Crippen LogP contribution in [-0.4, -0.2) is 67.5 Å². The van der Waals surface area contributed by atoms with E-state index in [0.29, 0.717) is 49.5 Å². The number of rotatable bonds is 3. The fraction of sp³-hybridized carbons (Fsp3) is 0.632. The summed E-state index contributed by atoms with van der Waals surface area (Å²) in [5, 5.41) is 13.8. The smallest absolute Gasteiger partial charge is 0.254 e. The van der Waals surface area contributed by atoms with E-state index in [9.17, 15) is 9.90 Å². The SMILES string of the molecule is Cl.O=C(c1ccc(O[C@@H]2C[C@@H]3CNC[C@@H]3C[C@H]2O)cc1)N1CCOCC1. The number of aliphatic hydroxyl groups excluding tert-OH is 1. The summed E-state index contributed by atoms with van der Waals surface area (Å²) in [6, 6.07) is 7.28. The van der Waals surface area contributed by atoms with E-state index >= 15 is 0 Å². The number of nitrogens with one attached hydrogen (secondary N) is 1. The van der Waals surface area contributed by atoms with E-state index in [-0.39, 0.29) is 24.4 Å². The molecular formula is C19H27ClN2O4. The summed E-state index contributed by atoms with van der Waals surface area (Å²) in [7, 11) is 0. The van der Waals surface area contributed by atoms with Gasteiger partial charge in [0, 0.05) is 18.7 Å². The summed E-state index contributed by atoms with van der Waals surface area (Å²) in [6.07, 6.45) is 1.10. The predicted octanol–water partition coefficient (Wildman–Crippen LogP) is 1.32. The largest absolute Gasteiger partial charge is 0.488 e. The second kappa shape index (κ2) is 8.57. The predicted molar refractivity (Wildman–Crippen MR) is 99.9 cm³/mol. The van der Waals surface area contributed by atoms with Crippen LogP contribution in [0.25, 0.3) is 0 Å². The molecule has 4 rings (SSSR count). The molecule has 7 heteroatoms. The molecule has 0 radical (unpaired) electrons. The summed E-state index contributed by atoms with van der Waals surface area (Å²) in [6.45, 7) is 4.51. The van der Waals surface area contributed by atoms with Gasteiger partial charge in [0.2, 0.25) is 0 Å². The highest BCUT2D eigenvalue weighted by Crippen LogP contribution is 2.34. The van der Waals surface area contributed by atoms with Crippen LogP contribution >= 0.6 is 12.4 Å². The Hall–Kier alpha value is -1.34. The fourth-order valence-corrected chi connectivity index (χ4v) is 4.18. The molecule has 0 spiro atoms. The van der Waals surface area contributed by atoms with Crippen molar-refractivity contribution in [1.29, 1.82) is 0 Å². The van der Waals surface area contributed by atoms with Gasteiger partial charge in [-0.05, 0) is 62.0 Å². The summed E-state index contributed by atoms with van der Waals surface area (Å²) >= 11 is 0. The molecule has 2 aliphatic heterocycles. The number of amides is 1. The maximum absolute atomic E-state index is 12.5. The van der Waals surface area contributed by atoms with E-state index in [0.717, 1.165) is 25.9 Å². The third-order valence-corrected chi connectivity index (χ3v) is 5.68.